The average molecular weight is 279 g/mol. The van der Waals surface area contributed by atoms with Crippen molar-refractivity contribution >= 4 is 5.69 Å². The van der Waals surface area contributed by atoms with E-state index < -0.39 is 0 Å². The Bertz CT molecular complexity index is 769. The second-order valence-corrected chi connectivity index (χ2v) is 4.86. The van der Waals surface area contributed by atoms with Crippen LogP contribution < -0.4 is 5.32 Å². The zero-order chi connectivity index (χ0) is 14.1. The van der Waals surface area contributed by atoms with E-state index in [1.54, 1.807) is 18.5 Å². The highest BCUT2D eigenvalue weighted by atomic mass is 16.5. The lowest BCUT2D eigenvalue weighted by atomic mass is 9.97. The predicted octanol–water partition coefficient (Wildman–Crippen LogP) is 2.55. The number of hydrogen-bond donors (Lipinski definition) is 1. The molecule has 0 saturated carbocycles. The number of rotatable bonds is 2. The van der Waals surface area contributed by atoms with Crippen LogP contribution in [0, 0.1) is 0 Å². The first-order chi connectivity index (χ1) is 10.4. The van der Waals surface area contributed by atoms with Crippen LogP contribution in [0.3, 0.4) is 0 Å². The monoisotopic (exact) mass is 279 g/mol. The van der Waals surface area contributed by atoms with Crippen molar-refractivity contribution in [1.29, 1.82) is 0 Å². The number of hydrogen-bond acceptors (Lipinski definition) is 6. The molecular weight excluding hydrogens is 266 g/mol. The minimum atomic E-state index is 0.409. The molecule has 0 amide bonds. The van der Waals surface area contributed by atoms with Crippen LogP contribution in [0.4, 0.5) is 5.69 Å². The number of benzene rings is 1. The van der Waals surface area contributed by atoms with Crippen molar-refractivity contribution in [3.05, 3.63) is 42.2 Å². The van der Waals surface area contributed by atoms with E-state index in [0.717, 1.165) is 30.6 Å². The van der Waals surface area contributed by atoms with Gasteiger partial charge in [-0.15, -0.1) is 0 Å². The summed E-state index contributed by atoms with van der Waals surface area (Å²) in [5.74, 6) is 1.39. The summed E-state index contributed by atoms with van der Waals surface area (Å²) in [6.45, 7) is 1.00. The summed E-state index contributed by atoms with van der Waals surface area (Å²) in [7, 11) is 0. The third kappa shape index (κ3) is 2.14. The van der Waals surface area contributed by atoms with Crippen molar-refractivity contribution in [3.8, 4) is 23.1 Å². The lowest BCUT2D eigenvalue weighted by Gasteiger charge is -2.19. The van der Waals surface area contributed by atoms with Gasteiger partial charge in [0, 0.05) is 30.2 Å². The molecule has 0 fully saturated rings. The SMILES string of the molecule is c1cnc(-c2noc(-c3cccc4c3CCCN4)n2)nc1. The molecule has 6 nitrogen and oxygen atoms in total. The highest BCUT2D eigenvalue weighted by Crippen LogP contribution is 2.32. The summed E-state index contributed by atoms with van der Waals surface area (Å²) in [4.78, 5) is 12.7. The Morgan fingerprint density at radius 1 is 1.05 bits per heavy atom. The summed E-state index contributed by atoms with van der Waals surface area (Å²) in [5.41, 5.74) is 3.36. The molecule has 0 bridgehead atoms. The molecule has 0 atom stereocenters. The van der Waals surface area contributed by atoms with E-state index in [4.69, 9.17) is 4.52 Å². The van der Waals surface area contributed by atoms with Gasteiger partial charge in [-0.2, -0.15) is 4.98 Å². The smallest absolute Gasteiger partial charge is 0.258 e. The number of aromatic nitrogens is 4. The van der Waals surface area contributed by atoms with Gasteiger partial charge >= 0.3 is 0 Å². The van der Waals surface area contributed by atoms with Crippen molar-refractivity contribution in [1.82, 2.24) is 20.1 Å². The molecule has 2 aromatic heterocycles. The molecule has 3 aromatic rings. The molecule has 1 N–H and O–H groups in total. The van der Waals surface area contributed by atoms with E-state index in [2.05, 4.69) is 31.5 Å². The summed E-state index contributed by atoms with van der Waals surface area (Å²) < 4.78 is 5.40. The van der Waals surface area contributed by atoms with E-state index in [-0.39, 0.29) is 0 Å². The van der Waals surface area contributed by atoms with E-state index in [1.165, 1.54) is 5.56 Å². The van der Waals surface area contributed by atoms with E-state index in [1.807, 2.05) is 12.1 Å². The molecule has 0 spiro atoms. The first-order valence-corrected chi connectivity index (χ1v) is 6.89. The summed E-state index contributed by atoms with van der Waals surface area (Å²) >= 11 is 0. The molecule has 104 valence electrons. The number of anilines is 1. The van der Waals surface area contributed by atoms with E-state index in [9.17, 15) is 0 Å². The standard InChI is InChI=1S/C15H13N5O/c1-4-11(10-5-2-7-16-12(10)6-1)15-19-14(20-21-15)13-17-8-3-9-18-13/h1,3-4,6,8-9,16H,2,5,7H2. The Morgan fingerprint density at radius 2 is 1.95 bits per heavy atom. The maximum atomic E-state index is 5.40. The van der Waals surface area contributed by atoms with Crippen LogP contribution in [0.2, 0.25) is 0 Å². The quantitative estimate of drug-likeness (QED) is 0.776. The van der Waals surface area contributed by atoms with Crippen LogP contribution in [0.5, 0.6) is 0 Å². The molecule has 1 aliphatic heterocycles. The van der Waals surface area contributed by atoms with Gasteiger partial charge in [-0.1, -0.05) is 11.2 Å². The van der Waals surface area contributed by atoms with Gasteiger partial charge in [0.05, 0.1) is 0 Å². The molecule has 0 saturated heterocycles. The van der Waals surface area contributed by atoms with Crippen LogP contribution in [-0.2, 0) is 6.42 Å². The van der Waals surface area contributed by atoms with Crippen molar-refractivity contribution in [2.24, 2.45) is 0 Å². The number of fused-ring (bicyclic) bond motifs is 1. The molecule has 1 aromatic carbocycles. The van der Waals surface area contributed by atoms with Gasteiger partial charge in [0.25, 0.3) is 5.89 Å². The highest BCUT2D eigenvalue weighted by molar-refractivity contribution is 5.70. The second kappa shape index (κ2) is 4.97. The highest BCUT2D eigenvalue weighted by Gasteiger charge is 2.19. The van der Waals surface area contributed by atoms with Crippen molar-refractivity contribution < 1.29 is 4.52 Å². The minimum absolute atomic E-state index is 0.409. The predicted molar refractivity (Wildman–Crippen MR) is 77.6 cm³/mol. The molecule has 1 aliphatic rings. The fourth-order valence-electron chi connectivity index (χ4n) is 2.55. The summed E-state index contributed by atoms with van der Waals surface area (Å²) in [6, 6.07) is 7.84. The zero-order valence-electron chi connectivity index (χ0n) is 11.3. The van der Waals surface area contributed by atoms with Crippen molar-refractivity contribution in [2.75, 3.05) is 11.9 Å². The Morgan fingerprint density at radius 3 is 2.86 bits per heavy atom. The van der Waals surface area contributed by atoms with Crippen molar-refractivity contribution in [3.63, 3.8) is 0 Å². The largest absolute Gasteiger partial charge is 0.385 e. The van der Waals surface area contributed by atoms with Gasteiger partial charge in [-0.25, -0.2) is 9.97 Å². The minimum Gasteiger partial charge on any atom is -0.385 e. The van der Waals surface area contributed by atoms with Gasteiger partial charge < -0.3 is 9.84 Å². The first-order valence-electron chi connectivity index (χ1n) is 6.89. The van der Waals surface area contributed by atoms with Gasteiger partial charge in [-0.3, -0.25) is 0 Å². The second-order valence-electron chi connectivity index (χ2n) is 4.86. The molecule has 21 heavy (non-hydrogen) atoms. The fraction of sp³-hybridized carbons (Fsp3) is 0.200. The van der Waals surface area contributed by atoms with Gasteiger partial charge in [0.15, 0.2) is 0 Å². The summed E-state index contributed by atoms with van der Waals surface area (Å²) in [6.07, 6.45) is 5.43. The Labute approximate surface area is 121 Å². The molecule has 0 unspecified atom stereocenters. The maximum Gasteiger partial charge on any atom is 0.258 e. The maximum absolute atomic E-state index is 5.40. The Kier molecular flexibility index (Phi) is 2.85. The van der Waals surface area contributed by atoms with E-state index >= 15 is 0 Å². The molecular formula is C15H13N5O. The normalized spacial score (nSPS) is 13.5. The lowest BCUT2D eigenvalue weighted by molar-refractivity contribution is 0.431. The molecule has 4 rings (SSSR count). The fourth-order valence-corrected chi connectivity index (χ4v) is 2.55. The van der Waals surface area contributed by atoms with E-state index in [0.29, 0.717) is 17.5 Å². The number of nitrogens with one attached hydrogen (secondary N) is 1. The number of nitrogens with zero attached hydrogens (tertiary/aromatic N) is 4. The van der Waals surface area contributed by atoms with Gasteiger partial charge in [0.1, 0.15) is 0 Å². The van der Waals surface area contributed by atoms with Gasteiger partial charge in [-0.05, 0) is 36.6 Å². The molecule has 6 heteroatoms. The van der Waals surface area contributed by atoms with Gasteiger partial charge in [0.2, 0.25) is 11.6 Å². The van der Waals surface area contributed by atoms with Crippen LogP contribution in [0.1, 0.15) is 12.0 Å². The van der Waals surface area contributed by atoms with Crippen LogP contribution >= 0.6 is 0 Å². The zero-order valence-corrected chi connectivity index (χ0v) is 11.3. The third-order valence-corrected chi connectivity index (χ3v) is 3.52. The van der Waals surface area contributed by atoms with Crippen molar-refractivity contribution in [2.45, 2.75) is 12.8 Å². The average Bonchev–Trinajstić information content (AvgIpc) is 3.05. The third-order valence-electron chi connectivity index (χ3n) is 3.52. The van der Waals surface area contributed by atoms with Crippen LogP contribution in [0.15, 0.2) is 41.2 Å². The summed E-state index contributed by atoms with van der Waals surface area (Å²) in [5, 5.41) is 7.38. The lowest BCUT2D eigenvalue weighted by Crippen LogP contribution is -2.12. The first kappa shape index (κ1) is 12.0. The van der Waals surface area contributed by atoms with Crippen LogP contribution in [-0.4, -0.2) is 26.7 Å². The molecule has 0 aliphatic carbocycles. The topological polar surface area (TPSA) is 76.7 Å². The molecule has 3 heterocycles. The van der Waals surface area contributed by atoms with Crippen LogP contribution in [0.25, 0.3) is 23.1 Å². The Hall–Kier alpha value is -2.76. The molecule has 0 radical (unpaired) electrons. The Balaban J connectivity index is 1.77.